The van der Waals surface area contributed by atoms with Crippen molar-refractivity contribution in [2.24, 2.45) is 18.4 Å². The average Bonchev–Trinajstić information content (AvgIpc) is 2.52. The van der Waals surface area contributed by atoms with Crippen LogP contribution in [0.1, 0.15) is 52.9 Å². The molecule has 116 valence electrons. The third kappa shape index (κ3) is 4.32. The fourth-order valence-electron chi connectivity index (χ4n) is 2.19. The highest BCUT2D eigenvalue weighted by molar-refractivity contribution is 9.10. The first-order chi connectivity index (χ1) is 8.96. The second-order valence-corrected chi connectivity index (χ2v) is 8.35. The van der Waals surface area contributed by atoms with Crippen LogP contribution in [0.15, 0.2) is 4.47 Å². The molecule has 0 saturated carbocycles. The molecule has 0 spiro atoms. The maximum atomic E-state index is 4.51. The SMILES string of the molecule is Cc1nn(C)c(CC(C)(CNC(C)(C)C)C(C)C)c1Br. The van der Waals surface area contributed by atoms with Gasteiger partial charge in [0.25, 0.3) is 0 Å². The summed E-state index contributed by atoms with van der Waals surface area (Å²) in [7, 11) is 2.03. The lowest BCUT2D eigenvalue weighted by molar-refractivity contribution is 0.184. The third-order valence-electron chi connectivity index (χ3n) is 4.25. The van der Waals surface area contributed by atoms with Crippen LogP contribution in [0.25, 0.3) is 0 Å². The molecule has 1 rings (SSSR count). The standard InChI is InChI=1S/C16H30BrN3/c1-11(2)16(7,10-18-15(4,5)6)9-13-14(17)12(3)19-20(13)8/h11,18H,9-10H2,1-8H3. The van der Waals surface area contributed by atoms with Crippen molar-refractivity contribution in [3.05, 3.63) is 15.9 Å². The van der Waals surface area contributed by atoms with Crippen LogP contribution in [-0.4, -0.2) is 21.9 Å². The number of nitrogens with zero attached hydrogens (tertiary/aromatic N) is 2. The highest BCUT2D eigenvalue weighted by Crippen LogP contribution is 2.34. The minimum atomic E-state index is 0.149. The van der Waals surface area contributed by atoms with Crippen molar-refractivity contribution >= 4 is 15.9 Å². The molecule has 1 N–H and O–H groups in total. The van der Waals surface area contributed by atoms with Crippen molar-refractivity contribution in [1.29, 1.82) is 0 Å². The average molecular weight is 344 g/mol. The molecule has 0 radical (unpaired) electrons. The fourth-order valence-corrected chi connectivity index (χ4v) is 2.67. The van der Waals surface area contributed by atoms with E-state index in [9.17, 15) is 0 Å². The number of aromatic nitrogens is 2. The summed E-state index contributed by atoms with van der Waals surface area (Å²) in [6.07, 6.45) is 1.02. The van der Waals surface area contributed by atoms with Gasteiger partial charge in [0.15, 0.2) is 0 Å². The lowest BCUT2D eigenvalue weighted by Gasteiger charge is -2.37. The van der Waals surface area contributed by atoms with E-state index in [1.54, 1.807) is 0 Å². The van der Waals surface area contributed by atoms with E-state index in [4.69, 9.17) is 0 Å². The Labute approximate surface area is 132 Å². The van der Waals surface area contributed by atoms with E-state index >= 15 is 0 Å². The van der Waals surface area contributed by atoms with Crippen molar-refractivity contribution in [3.63, 3.8) is 0 Å². The molecule has 4 heteroatoms. The second kappa shape index (κ2) is 6.18. The second-order valence-electron chi connectivity index (χ2n) is 7.56. The molecule has 0 aliphatic carbocycles. The molecule has 1 heterocycles. The summed E-state index contributed by atoms with van der Waals surface area (Å²) in [6.45, 7) is 16.7. The Morgan fingerprint density at radius 2 is 1.80 bits per heavy atom. The topological polar surface area (TPSA) is 29.9 Å². The Bertz CT molecular complexity index is 457. The van der Waals surface area contributed by atoms with Gasteiger partial charge in [-0.2, -0.15) is 5.10 Å². The van der Waals surface area contributed by atoms with E-state index in [1.165, 1.54) is 5.69 Å². The predicted octanol–water partition coefficient (Wildman–Crippen LogP) is 4.08. The normalized spacial score (nSPS) is 15.7. The summed E-state index contributed by atoms with van der Waals surface area (Å²) in [5.74, 6) is 0.597. The zero-order valence-corrected chi connectivity index (χ0v) is 15.8. The van der Waals surface area contributed by atoms with Gasteiger partial charge in [-0.15, -0.1) is 0 Å². The maximum absolute atomic E-state index is 4.51. The predicted molar refractivity (Wildman–Crippen MR) is 90.0 cm³/mol. The monoisotopic (exact) mass is 343 g/mol. The molecule has 0 fully saturated rings. The van der Waals surface area contributed by atoms with Gasteiger partial charge in [0, 0.05) is 19.1 Å². The first kappa shape index (κ1) is 17.7. The van der Waals surface area contributed by atoms with Crippen LogP contribution in [0.2, 0.25) is 0 Å². The van der Waals surface area contributed by atoms with Crippen molar-refractivity contribution in [2.75, 3.05) is 6.54 Å². The van der Waals surface area contributed by atoms with Gasteiger partial charge in [-0.25, -0.2) is 0 Å². The summed E-state index contributed by atoms with van der Waals surface area (Å²) in [4.78, 5) is 0. The maximum Gasteiger partial charge on any atom is 0.0738 e. The summed E-state index contributed by atoms with van der Waals surface area (Å²) in [6, 6.07) is 0. The van der Waals surface area contributed by atoms with Gasteiger partial charge in [0.1, 0.15) is 0 Å². The number of rotatable bonds is 5. The molecule has 1 aromatic rings. The summed E-state index contributed by atoms with van der Waals surface area (Å²) in [5.41, 5.74) is 2.71. The molecule has 1 unspecified atom stereocenters. The van der Waals surface area contributed by atoms with E-state index in [2.05, 4.69) is 67.9 Å². The van der Waals surface area contributed by atoms with Gasteiger partial charge in [-0.05, 0) is 61.4 Å². The van der Waals surface area contributed by atoms with E-state index in [-0.39, 0.29) is 11.0 Å². The molecule has 0 saturated heterocycles. The molecule has 0 aliphatic heterocycles. The van der Waals surface area contributed by atoms with Crippen LogP contribution < -0.4 is 5.32 Å². The first-order valence-corrected chi connectivity index (χ1v) is 8.18. The lowest BCUT2D eigenvalue weighted by atomic mass is 9.75. The zero-order valence-electron chi connectivity index (χ0n) is 14.3. The molecule has 0 bridgehead atoms. The van der Waals surface area contributed by atoms with Crippen LogP contribution in [0.5, 0.6) is 0 Å². The molecule has 1 atom stereocenters. The third-order valence-corrected chi connectivity index (χ3v) is 5.28. The van der Waals surface area contributed by atoms with E-state index in [0.717, 1.165) is 23.1 Å². The van der Waals surface area contributed by atoms with Crippen LogP contribution >= 0.6 is 15.9 Å². The summed E-state index contributed by atoms with van der Waals surface area (Å²) in [5, 5.41) is 8.18. The molecule has 0 aliphatic rings. The summed E-state index contributed by atoms with van der Waals surface area (Å²) >= 11 is 3.69. The number of halogens is 1. The van der Waals surface area contributed by atoms with E-state index in [0.29, 0.717) is 5.92 Å². The van der Waals surface area contributed by atoms with Crippen LogP contribution in [-0.2, 0) is 13.5 Å². The van der Waals surface area contributed by atoms with Gasteiger partial charge >= 0.3 is 0 Å². The van der Waals surface area contributed by atoms with Crippen molar-refractivity contribution in [2.45, 2.75) is 60.4 Å². The Balaban J connectivity index is 2.97. The number of hydrogen-bond donors (Lipinski definition) is 1. The highest BCUT2D eigenvalue weighted by Gasteiger charge is 2.32. The van der Waals surface area contributed by atoms with Crippen molar-refractivity contribution in [3.8, 4) is 0 Å². The molecule has 1 aromatic heterocycles. The lowest BCUT2D eigenvalue weighted by Crippen LogP contribution is -2.46. The van der Waals surface area contributed by atoms with Crippen molar-refractivity contribution < 1.29 is 0 Å². The van der Waals surface area contributed by atoms with Gasteiger partial charge in [-0.3, -0.25) is 4.68 Å². The molecule has 0 amide bonds. The number of hydrogen-bond acceptors (Lipinski definition) is 2. The van der Waals surface area contributed by atoms with Gasteiger partial charge in [-0.1, -0.05) is 20.8 Å². The largest absolute Gasteiger partial charge is 0.312 e. The Morgan fingerprint density at radius 3 is 2.15 bits per heavy atom. The van der Waals surface area contributed by atoms with Crippen LogP contribution in [0.4, 0.5) is 0 Å². The minimum Gasteiger partial charge on any atom is -0.312 e. The highest BCUT2D eigenvalue weighted by atomic mass is 79.9. The smallest absolute Gasteiger partial charge is 0.0738 e. The molecular weight excluding hydrogens is 314 g/mol. The van der Waals surface area contributed by atoms with Crippen LogP contribution in [0.3, 0.4) is 0 Å². The number of nitrogens with one attached hydrogen (secondary N) is 1. The van der Waals surface area contributed by atoms with Gasteiger partial charge < -0.3 is 5.32 Å². The molecule has 0 aromatic carbocycles. The Morgan fingerprint density at radius 1 is 1.25 bits per heavy atom. The van der Waals surface area contributed by atoms with E-state index < -0.39 is 0 Å². The van der Waals surface area contributed by atoms with Crippen LogP contribution in [0, 0.1) is 18.3 Å². The minimum absolute atomic E-state index is 0.149. The Hall–Kier alpha value is -0.350. The van der Waals surface area contributed by atoms with Gasteiger partial charge in [0.2, 0.25) is 0 Å². The number of aryl methyl sites for hydroxylation is 2. The molecule has 3 nitrogen and oxygen atoms in total. The van der Waals surface area contributed by atoms with E-state index in [1.807, 2.05) is 18.7 Å². The molecular formula is C16H30BrN3. The Kier molecular flexibility index (Phi) is 5.47. The molecule has 20 heavy (non-hydrogen) atoms. The fraction of sp³-hybridized carbons (Fsp3) is 0.812. The van der Waals surface area contributed by atoms with Gasteiger partial charge in [0.05, 0.1) is 15.9 Å². The summed E-state index contributed by atoms with van der Waals surface area (Å²) < 4.78 is 3.17. The zero-order chi connectivity index (χ0) is 15.7. The van der Waals surface area contributed by atoms with Crippen molar-refractivity contribution in [1.82, 2.24) is 15.1 Å². The quantitative estimate of drug-likeness (QED) is 0.872. The first-order valence-electron chi connectivity index (χ1n) is 7.39.